The van der Waals surface area contributed by atoms with Gasteiger partial charge in [0.25, 0.3) is 0 Å². The van der Waals surface area contributed by atoms with Gasteiger partial charge in [0, 0.05) is 12.8 Å². The first-order valence-corrected chi connectivity index (χ1v) is 26.0. The lowest BCUT2D eigenvalue weighted by molar-refractivity contribution is -0.153. The van der Waals surface area contributed by atoms with E-state index in [1.165, 1.54) is 89.9 Å². The molecule has 11 heteroatoms. The lowest BCUT2D eigenvalue weighted by atomic mass is 10.0. The fourth-order valence-electron chi connectivity index (χ4n) is 6.36. The van der Waals surface area contributed by atoms with Gasteiger partial charge in [0.05, 0.1) is 26.4 Å². The van der Waals surface area contributed by atoms with Crippen LogP contribution in [0.5, 0.6) is 0 Å². The van der Waals surface area contributed by atoms with E-state index in [1.54, 1.807) is 0 Å². The average Bonchev–Trinajstić information content (AvgIpc) is 3.27. The number of aliphatic hydroxyl groups excluding tert-OH is 2. The standard InChI is InChI=1S/C52H89O10P/c1-3-5-7-9-11-13-15-17-19-21-22-23-24-25-26-28-30-32-34-36-38-40-42-44-52(56)62-50(46-54)48-60-63(57,58)59-47-49(45-53)61-51(55)43-41-39-37-35-33-31-29-27-20-18-16-14-12-10-8-6-4-2/h6,8,12,14-15,17-18,20-22,29,31,35,37,49-50,53-54H,3-5,7,9-11,13,16,19,23-28,30,32-34,36,38-48H2,1-2H3,(H,57,58)/b8-6-,14-12-,17-15-,20-18-,22-21-,31-29-,37-35-. The van der Waals surface area contributed by atoms with Gasteiger partial charge >= 0.3 is 19.8 Å². The summed E-state index contributed by atoms with van der Waals surface area (Å²) in [5.74, 6) is -1.08. The fourth-order valence-corrected chi connectivity index (χ4v) is 7.14. The van der Waals surface area contributed by atoms with Crippen molar-refractivity contribution in [2.24, 2.45) is 0 Å². The Labute approximate surface area is 383 Å². The number of aliphatic hydroxyl groups is 2. The van der Waals surface area contributed by atoms with Gasteiger partial charge in [-0.1, -0.05) is 182 Å². The first kappa shape index (κ1) is 60.2. The van der Waals surface area contributed by atoms with Crippen LogP contribution in [0, 0.1) is 0 Å². The topological polar surface area (TPSA) is 149 Å². The lowest BCUT2D eigenvalue weighted by Gasteiger charge is -2.20. The monoisotopic (exact) mass is 905 g/mol. The van der Waals surface area contributed by atoms with Gasteiger partial charge in [-0.25, -0.2) is 4.57 Å². The van der Waals surface area contributed by atoms with Crippen molar-refractivity contribution in [3.8, 4) is 0 Å². The predicted octanol–water partition coefficient (Wildman–Crippen LogP) is 13.8. The highest BCUT2D eigenvalue weighted by Gasteiger charge is 2.27. The molecule has 0 saturated heterocycles. The van der Waals surface area contributed by atoms with Crippen LogP contribution >= 0.6 is 7.82 Å². The first-order chi connectivity index (χ1) is 30.8. The maximum atomic E-state index is 12.4. The second-order valence-corrected chi connectivity index (χ2v) is 17.5. The minimum Gasteiger partial charge on any atom is -0.457 e. The van der Waals surface area contributed by atoms with E-state index in [9.17, 15) is 29.3 Å². The Morgan fingerprint density at radius 1 is 0.444 bits per heavy atom. The molecule has 0 aromatic rings. The van der Waals surface area contributed by atoms with Crippen molar-refractivity contribution in [1.82, 2.24) is 0 Å². The van der Waals surface area contributed by atoms with E-state index in [2.05, 4.69) is 86.8 Å². The average molecular weight is 905 g/mol. The second-order valence-electron chi connectivity index (χ2n) is 16.1. The predicted molar refractivity (Wildman–Crippen MR) is 260 cm³/mol. The van der Waals surface area contributed by atoms with E-state index in [4.69, 9.17) is 18.5 Å². The van der Waals surface area contributed by atoms with E-state index in [0.29, 0.717) is 19.3 Å². The Bertz CT molecular complexity index is 1320. The third-order valence-electron chi connectivity index (χ3n) is 10.1. The molecule has 0 bridgehead atoms. The summed E-state index contributed by atoms with van der Waals surface area (Å²) >= 11 is 0. The Hall–Kier alpha value is -2.85. The van der Waals surface area contributed by atoms with Gasteiger partial charge < -0.3 is 24.6 Å². The molecule has 0 fully saturated rings. The van der Waals surface area contributed by atoms with Crippen molar-refractivity contribution >= 4 is 19.8 Å². The van der Waals surface area contributed by atoms with Crippen LogP contribution in [0.3, 0.4) is 0 Å². The molecule has 3 N–H and O–H groups in total. The van der Waals surface area contributed by atoms with Crippen LogP contribution in [-0.4, -0.2) is 65.7 Å². The molecule has 362 valence electrons. The summed E-state index contributed by atoms with van der Waals surface area (Å²) in [4.78, 5) is 34.6. The number of phosphoric acid groups is 1. The number of hydrogen-bond donors (Lipinski definition) is 3. The molecule has 0 aliphatic carbocycles. The molecule has 3 unspecified atom stereocenters. The first-order valence-electron chi connectivity index (χ1n) is 24.5. The Morgan fingerprint density at radius 3 is 1.14 bits per heavy atom. The molecular formula is C52H89O10P. The SMILES string of the molecule is CC/C=C\C/C=C\C/C=C\C/C=C\C/C=C\CCCC(=O)OC(CO)COP(=O)(O)OCC(CO)OC(=O)CCCCCCCCCCCCC/C=C\C/C=C\CCCCCCC. The maximum Gasteiger partial charge on any atom is 0.472 e. The van der Waals surface area contributed by atoms with Gasteiger partial charge in [-0.15, -0.1) is 0 Å². The summed E-state index contributed by atoms with van der Waals surface area (Å²) in [6.07, 6.45) is 57.1. The van der Waals surface area contributed by atoms with Gasteiger partial charge in [-0.2, -0.15) is 0 Å². The van der Waals surface area contributed by atoms with Crippen molar-refractivity contribution < 1.29 is 47.8 Å². The molecule has 0 aromatic carbocycles. The summed E-state index contributed by atoms with van der Waals surface area (Å²) in [7, 11) is -4.66. The Kier molecular flexibility index (Phi) is 45.0. The Balaban J connectivity index is 3.92. The molecule has 0 saturated carbocycles. The van der Waals surface area contributed by atoms with Crippen molar-refractivity contribution in [3.05, 3.63) is 85.1 Å². The van der Waals surface area contributed by atoms with Crippen molar-refractivity contribution in [3.63, 3.8) is 0 Å². The number of unbranched alkanes of at least 4 members (excludes halogenated alkanes) is 17. The second kappa shape index (κ2) is 47.1. The molecule has 0 amide bonds. The molecular weight excluding hydrogens is 816 g/mol. The van der Waals surface area contributed by atoms with Gasteiger partial charge in [0.1, 0.15) is 12.2 Å². The molecule has 0 aliphatic heterocycles. The molecule has 10 nitrogen and oxygen atoms in total. The summed E-state index contributed by atoms with van der Waals surface area (Å²) in [5, 5.41) is 19.2. The highest BCUT2D eigenvalue weighted by Crippen LogP contribution is 2.43. The highest BCUT2D eigenvalue weighted by atomic mass is 31.2. The smallest absolute Gasteiger partial charge is 0.457 e. The van der Waals surface area contributed by atoms with E-state index >= 15 is 0 Å². The largest absolute Gasteiger partial charge is 0.472 e. The number of carbonyl (C=O) groups is 2. The van der Waals surface area contributed by atoms with Crippen LogP contribution in [0.2, 0.25) is 0 Å². The van der Waals surface area contributed by atoms with Crippen molar-refractivity contribution in [2.45, 2.75) is 206 Å². The number of allylic oxidation sites excluding steroid dienone is 14. The number of ether oxygens (including phenoxy) is 2. The lowest BCUT2D eigenvalue weighted by Crippen LogP contribution is -2.28. The zero-order chi connectivity index (χ0) is 46.2. The summed E-state index contributed by atoms with van der Waals surface area (Å²) < 4.78 is 32.6. The van der Waals surface area contributed by atoms with Crippen LogP contribution in [0.1, 0.15) is 194 Å². The number of esters is 2. The van der Waals surface area contributed by atoms with Crippen LogP contribution in [0.25, 0.3) is 0 Å². The van der Waals surface area contributed by atoms with E-state index < -0.39 is 58.4 Å². The fraction of sp³-hybridized carbons (Fsp3) is 0.692. The van der Waals surface area contributed by atoms with Crippen LogP contribution in [0.4, 0.5) is 0 Å². The van der Waals surface area contributed by atoms with Crippen LogP contribution in [0.15, 0.2) is 85.1 Å². The van der Waals surface area contributed by atoms with E-state index in [0.717, 1.165) is 57.8 Å². The third-order valence-corrected chi connectivity index (χ3v) is 11.0. The molecule has 0 spiro atoms. The van der Waals surface area contributed by atoms with Crippen LogP contribution in [-0.2, 0) is 32.7 Å². The van der Waals surface area contributed by atoms with Gasteiger partial charge in [-0.3, -0.25) is 18.6 Å². The highest BCUT2D eigenvalue weighted by molar-refractivity contribution is 7.47. The van der Waals surface area contributed by atoms with Crippen LogP contribution < -0.4 is 0 Å². The molecule has 0 heterocycles. The number of rotatable bonds is 45. The number of phosphoric ester groups is 1. The van der Waals surface area contributed by atoms with E-state index in [-0.39, 0.29) is 12.8 Å². The molecule has 0 aliphatic rings. The molecule has 0 radical (unpaired) electrons. The Morgan fingerprint density at radius 2 is 0.762 bits per heavy atom. The summed E-state index contributed by atoms with van der Waals surface area (Å²) in [5.41, 5.74) is 0. The third kappa shape index (κ3) is 45.5. The zero-order valence-corrected chi connectivity index (χ0v) is 40.4. The van der Waals surface area contributed by atoms with Gasteiger partial charge in [-0.05, 0) is 83.5 Å². The quantitative estimate of drug-likeness (QED) is 0.0233. The molecule has 63 heavy (non-hydrogen) atoms. The maximum absolute atomic E-state index is 12.4. The van der Waals surface area contributed by atoms with Gasteiger partial charge in [0.15, 0.2) is 0 Å². The number of hydrogen-bond acceptors (Lipinski definition) is 9. The minimum atomic E-state index is -4.66. The number of carbonyl (C=O) groups excluding carboxylic acids is 2. The van der Waals surface area contributed by atoms with Crippen molar-refractivity contribution in [1.29, 1.82) is 0 Å². The van der Waals surface area contributed by atoms with E-state index in [1.807, 2.05) is 12.2 Å². The van der Waals surface area contributed by atoms with Crippen molar-refractivity contribution in [2.75, 3.05) is 26.4 Å². The zero-order valence-electron chi connectivity index (χ0n) is 39.5. The normalized spacial score (nSPS) is 14.4. The molecule has 3 atom stereocenters. The molecule has 0 aromatic heterocycles. The summed E-state index contributed by atoms with van der Waals surface area (Å²) in [6.45, 7) is 2.02. The minimum absolute atomic E-state index is 0.110. The molecule has 0 rings (SSSR count). The summed E-state index contributed by atoms with van der Waals surface area (Å²) in [6, 6.07) is 0. The van der Waals surface area contributed by atoms with Gasteiger partial charge in [0.2, 0.25) is 0 Å².